The summed E-state index contributed by atoms with van der Waals surface area (Å²) < 4.78 is 55.7. The second-order valence-electron chi connectivity index (χ2n) is 5.69. The molecule has 0 unspecified atom stereocenters. The summed E-state index contributed by atoms with van der Waals surface area (Å²) in [5, 5.41) is 0.752. The van der Waals surface area contributed by atoms with E-state index in [4.69, 9.17) is 0 Å². The maximum atomic E-state index is 14.1. The first-order chi connectivity index (χ1) is 12.0. The molecule has 0 aliphatic rings. The first-order valence-corrected chi connectivity index (χ1v) is 7.45. The van der Waals surface area contributed by atoms with Crippen LogP contribution in [0.2, 0.25) is 0 Å². The van der Waals surface area contributed by atoms with E-state index >= 15 is 0 Å². The molecular formula is C18H11F4N3. The lowest BCUT2D eigenvalue weighted by Gasteiger charge is -2.08. The summed E-state index contributed by atoms with van der Waals surface area (Å²) in [6.07, 6.45) is 3.73. The molecule has 3 aromatic heterocycles. The standard InChI is InChI=1S/C18H11F4N3/c1-9-14(19)4-11(6-24-9)10-2-3-12-13-7-23-8-15(20)17(13)25(18(21)22)16(12)5-10/h2-8,18H,1H3. The van der Waals surface area contributed by atoms with Gasteiger partial charge in [0.2, 0.25) is 0 Å². The van der Waals surface area contributed by atoms with Crippen molar-refractivity contribution in [2.45, 2.75) is 13.5 Å². The van der Waals surface area contributed by atoms with Crippen LogP contribution < -0.4 is 0 Å². The molecule has 0 atom stereocenters. The second kappa shape index (κ2) is 5.54. The molecule has 4 rings (SSSR count). The highest BCUT2D eigenvalue weighted by Gasteiger charge is 2.20. The third-order valence-corrected chi connectivity index (χ3v) is 4.21. The molecule has 0 bridgehead atoms. The Labute approximate surface area is 139 Å². The number of pyridine rings is 2. The van der Waals surface area contributed by atoms with E-state index in [-0.39, 0.29) is 16.7 Å². The van der Waals surface area contributed by atoms with E-state index in [2.05, 4.69) is 9.97 Å². The zero-order valence-corrected chi connectivity index (χ0v) is 13.0. The lowest BCUT2D eigenvalue weighted by atomic mass is 10.0. The van der Waals surface area contributed by atoms with Crippen LogP contribution in [0.4, 0.5) is 17.6 Å². The van der Waals surface area contributed by atoms with Crippen LogP contribution in [0.25, 0.3) is 32.9 Å². The predicted molar refractivity (Wildman–Crippen MR) is 86.4 cm³/mol. The van der Waals surface area contributed by atoms with Gasteiger partial charge in [0.1, 0.15) is 5.82 Å². The first kappa shape index (κ1) is 15.6. The summed E-state index contributed by atoms with van der Waals surface area (Å²) >= 11 is 0. The quantitative estimate of drug-likeness (QED) is 0.466. The predicted octanol–water partition coefficient (Wildman–Crippen LogP) is 5.23. The molecule has 4 aromatic rings. The van der Waals surface area contributed by atoms with Crippen molar-refractivity contribution < 1.29 is 17.6 Å². The van der Waals surface area contributed by atoms with Crippen LogP contribution in [0.3, 0.4) is 0 Å². The minimum absolute atomic E-state index is 0.149. The van der Waals surface area contributed by atoms with Crippen LogP contribution >= 0.6 is 0 Å². The van der Waals surface area contributed by atoms with E-state index in [1.807, 2.05) is 0 Å². The lowest BCUT2D eigenvalue weighted by Crippen LogP contribution is -1.99. The van der Waals surface area contributed by atoms with Crippen molar-refractivity contribution in [3.8, 4) is 11.1 Å². The van der Waals surface area contributed by atoms with Crippen molar-refractivity contribution in [2.75, 3.05) is 0 Å². The molecule has 1 aromatic carbocycles. The summed E-state index contributed by atoms with van der Waals surface area (Å²) in [5.41, 5.74) is 1.16. The number of hydrogen-bond donors (Lipinski definition) is 0. The average Bonchev–Trinajstić information content (AvgIpc) is 2.92. The van der Waals surface area contributed by atoms with Gasteiger partial charge in [-0.3, -0.25) is 14.5 Å². The largest absolute Gasteiger partial charge is 0.319 e. The number of aryl methyl sites for hydroxylation is 1. The van der Waals surface area contributed by atoms with Crippen molar-refractivity contribution in [2.24, 2.45) is 0 Å². The fraction of sp³-hybridized carbons (Fsp3) is 0.111. The van der Waals surface area contributed by atoms with E-state index in [0.29, 0.717) is 26.5 Å². The Morgan fingerprint density at radius 1 is 0.920 bits per heavy atom. The number of aromatic nitrogens is 3. The van der Waals surface area contributed by atoms with E-state index in [1.165, 1.54) is 31.5 Å². The Bertz CT molecular complexity index is 1120. The maximum absolute atomic E-state index is 14.1. The molecule has 0 amide bonds. The van der Waals surface area contributed by atoms with Crippen LogP contribution in [0.1, 0.15) is 12.2 Å². The molecule has 0 aliphatic carbocycles. The van der Waals surface area contributed by atoms with E-state index in [1.54, 1.807) is 12.1 Å². The number of alkyl halides is 2. The fourth-order valence-corrected chi connectivity index (χ4v) is 3.00. The van der Waals surface area contributed by atoms with Gasteiger partial charge in [-0.05, 0) is 24.6 Å². The van der Waals surface area contributed by atoms with Gasteiger partial charge in [-0.25, -0.2) is 8.78 Å². The highest BCUT2D eigenvalue weighted by molar-refractivity contribution is 6.08. The second-order valence-corrected chi connectivity index (χ2v) is 5.69. The smallest absolute Gasteiger partial charge is 0.281 e. The topological polar surface area (TPSA) is 30.7 Å². The van der Waals surface area contributed by atoms with Crippen molar-refractivity contribution >= 4 is 21.8 Å². The number of nitrogens with zero attached hydrogens (tertiary/aromatic N) is 3. The van der Waals surface area contributed by atoms with Crippen LogP contribution in [-0.2, 0) is 0 Å². The molecule has 0 saturated carbocycles. The summed E-state index contributed by atoms with van der Waals surface area (Å²) in [5.74, 6) is -1.30. The Balaban J connectivity index is 2.05. The molecule has 126 valence electrons. The minimum Gasteiger partial charge on any atom is -0.281 e. The molecule has 3 nitrogen and oxygen atoms in total. The number of halogens is 4. The molecule has 25 heavy (non-hydrogen) atoms. The van der Waals surface area contributed by atoms with E-state index in [9.17, 15) is 17.6 Å². The van der Waals surface area contributed by atoms with Crippen molar-refractivity contribution in [1.82, 2.24) is 14.5 Å². The van der Waals surface area contributed by atoms with Crippen molar-refractivity contribution in [1.29, 1.82) is 0 Å². The van der Waals surface area contributed by atoms with Gasteiger partial charge in [0.15, 0.2) is 5.82 Å². The summed E-state index contributed by atoms with van der Waals surface area (Å²) in [7, 11) is 0. The summed E-state index contributed by atoms with van der Waals surface area (Å²) in [6, 6.07) is 6.03. The monoisotopic (exact) mass is 345 g/mol. The average molecular weight is 345 g/mol. The van der Waals surface area contributed by atoms with Gasteiger partial charge in [0.25, 0.3) is 0 Å². The van der Waals surface area contributed by atoms with Crippen LogP contribution in [-0.4, -0.2) is 14.5 Å². The van der Waals surface area contributed by atoms with Crippen LogP contribution in [0.5, 0.6) is 0 Å². The van der Waals surface area contributed by atoms with Gasteiger partial charge in [-0.2, -0.15) is 8.78 Å². The van der Waals surface area contributed by atoms with Crippen LogP contribution in [0.15, 0.2) is 42.9 Å². The molecule has 0 fully saturated rings. The molecule has 0 spiro atoms. The highest BCUT2D eigenvalue weighted by Crippen LogP contribution is 2.36. The Hall–Kier alpha value is -2.96. The summed E-state index contributed by atoms with van der Waals surface area (Å²) in [4.78, 5) is 7.69. The first-order valence-electron chi connectivity index (χ1n) is 7.45. The van der Waals surface area contributed by atoms with Gasteiger partial charge in [-0.1, -0.05) is 12.1 Å². The number of hydrogen-bond acceptors (Lipinski definition) is 2. The van der Waals surface area contributed by atoms with Gasteiger partial charge in [-0.15, -0.1) is 0 Å². The molecule has 7 heteroatoms. The molecule has 0 radical (unpaired) electrons. The van der Waals surface area contributed by atoms with Gasteiger partial charge in [0, 0.05) is 28.7 Å². The third-order valence-electron chi connectivity index (χ3n) is 4.21. The van der Waals surface area contributed by atoms with Crippen molar-refractivity contribution in [3.63, 3.8) is 0 Å². The van der Waals surface area contributed by atoms with Crippen molar-refractivity contribution in [3.05, 3.63) is 60.2 Å². The number of fused-ring (bicyclic) bond motifs is 3. The Kier molecular flexibility index (Phi) is 3.45. The van der Waals surface area contributed by atoms with E-state index < -0.39 is 18.2 Å². The summed E-state index contributed by atoms with van der Waals surface area (Å²) in [6.45, 7) is -1.40. The SMILES string of the molecule is Cc1ncc(-c2ccc3c4cncc(F)c4n(C(F)F)c3c2)cc1F. The molecular weight excluding hydrogens is 334 g/mol. The Morgan fingerprint density at radius 2 is 1.72 bits per heavy atom. The normalized spacial score (nSPS) is 11.8. The Morgan fingerprint density at radius 3 is 2.44 bits per heavy atom. The van der Waals surface area contributed by atoms with Gasteiger partial charge in [0.05, 0.1) is 22.9 Å². The zero-order chi connectivity index (χ0) is 17.7. The third kappa shape index (κ3) is 2.34. The highest BCUT2D eigenvalue weighted by atomic mass is 19.3. The molecule has 0 saturated heterocycles. The van der Waals surface area contributed by atoms with Crippen LogP contribution in [0, 0.1) is 18.6 Å². The molecule has 3 heterocycles. The van der Waals surface area contributed by atoms with Gasteiger partial charge >= 0.3 is 6.55 Å². The number of benzene rings is 1. The maximum Gasteiger partial charge on any atom is 0.319 e. The fourth-order valence-electron chi connectivity index (χ4n) is 3.00. The minimum atomic E-state index is -2.93. The molecule has 0 aliphatic heterocycles. The number of rotatable bonds is 2. The molecule has 0 N–H and O–H groups in total. The van der Waals surface area contributed by atoms with Gasteiger partial charge < -0.3 is 0 Å². The zero-order valence-electron chi connectivity index (χ0n) is 13.0. The van der Waals surface area contributed by atoms with E-state index in [0.717, 1.165) is 6.20 Å². The lowest BCUT2D eigenvalue weighted by molar-refractivity contribution is 0.0791.